The van der Waals surface area contributed by atoms with Crippen molar-refractivity contribution in [2.45, 2.75) is 69.5 Å². The molecular formula is C23H29F2NO5. The van der Waals surface area contributed by atoms with Crippen molar-refractivity contribution in [3.05, 3.63) is 41.5 Å². The van der Waals surface area contributed by atoms with Gasteiger partial charge in [0.2, 0.25) is 0 Å². The molecule has 1 N–H and O–H groups in total. The van der Waals surface area contributed by atoms with Crippen molar-refractivity contribution in [1.29, 1.82) is 0 Å². The average molecular weight is 437 g/mol. The Balaban J connectivity index is 1.47. The van der Waals surface area contributed by atoms with Crippen LogP contribution < -0.4 is 5.32 Å². The largest absolute Gasteiger partial charge is 0.443 e. The number of epoxide rings is 2. The molecule has 2 heterocycles. The molecule has 0 bridgehead atoms. The van der Waals surface area contributed by atoms with Gasteiger partial charge in [0.1, 0.15) is 35.0 Å². The van der Waals surface area contributed by atoms with Crippen LogP contribution in [0.5, 0.6) is 0 Å². The minimum absolute atomic E-state index is 0.0482. The van der Waals surface area contributed by atoms with Crippen molar-refractivity contribution in [2.75, 3.05) is 19.0 Å². The number of carbonyl (C=O) groups excluding carboxylic acids is 1. The monoisotopic (exact) mass is 437 g/mol. The zero-order chi connectivity index (χ0) is 22.4. The number of carbonyl (C=O) groups is 1. The summed E-state index contributed by atoms with van der Waals surface area (Å²) in [5, 5.41) is 2.35. The number of anilines is 1. The Bertz CT molecular complexity index is 883. The molecule has 8 heteroatoms. The lowest BCUT2D eigenvalue weighted by Gasteiger charge is -2.42. The number of amides is 1. The summed E-state index contributed by atoms with van der Waals surface area (Å²) >= 11 is 0. The van der Waals surface area contributed by atoms with Crippen LogP contribution in [0.2, 0.25) is 0 Å². The Morgan fingerprint density at radius 3 is 2.71 bits per heavy atom. The van der Waals surface area contributed by atoms with Crippen molar-refractivity contribution in [1.82, 2.24) is 0 Å². The van der Waals surface area contributed by atoms with E-state index in [1.54, 1.807) is 7.11 Å². The first-order valence-corrected chi connectivity index (χ1v) is 10.6. The molecule has 170 valence electrons. The van der Waals surface area contributed by atoms with Gasteiger partial charge in [-0.3, -0.25) is 5.32 Å². The second-order valence-corrected chi connectivity index (χ2v) is 9.07. The van der Waals surface area contributed by atoms with Crippen molar-refractivity contribution >= 4 is 11.8 Å². The SMILES string of the molecule is COC1C(OC(=O)Nc2ccc(F)cc2F)CCC2(CO2)C1C1(C)OC1CC=C(C)C. The summed E-state index contributed by atoms with van der Waals surface area (Å²) in [6.45, 7) is 6.80. The summed E-state index contributed by atoms with van der Waals surface area (Å²) in [4.78, 5) is 12.5. The number of rotatable bonds is 6. The van der Waals surface area contributed by atoms with E-state index in [-0.39, 0.29) is 23.3 Å². The third-order valence-electron chi connectivity index (χ3n) is 6.66. The molecule has 0 radical (unpaired) electrons. The topological polar surface area (TPSA) is 72.6 Å². The molecule has 6 unspecified atom stereocenters. The van der Waals surface area contributed by atoms with Gasteiger partial charge < -0.3 is 18.9 Å². The predicted octanol–water partition coefficient (Wildman–Crippen LogP) is 4.59. The van der Waals surface area contributed by atoms with Crippen LogP contribution >= 0.6 is 0 Å². The minimum Gasteiger partial charge on any atom is -0.443 e. The first-order valence-electron chi connectivity index (χ1n) is 10.6. The zero-order valence-corrected chi connectivity index (χ0v) is 18.2. The molecular weight excluding hydrogens is 408 g/mol. The molecule has 1 aromatic rings. The van der Waals surface area contributed by atoms with Gasteiger partial charge in [0.15, 0.2) is 0 Å². The fraction of sp³-hybridized carbons (Fsp3) is 0.609. The predicted molar refractivity (Wildman–Crippen MR) is 110 cm³/mol. The van der Waals surface area contributed by atoms with Gasteiger partial charge in [-0.15, -0.1) is 0 Å². The lowest BCUT2D eigenvalue weighted by molar-refractivity contribution is -0.116. The van der Waals surface area contributed by atoms with Crippen molar-refractivity contribution in [3.8, 4) is 0 Å². The molecule has 1 amide bonds. The highest BCUT2D eigenvalue weighted by atomic mass is 19.1. The summed E-state index contributed by atoms with van der Waals surface area (Å²) in [6.07, 6.45) is 2.49. The number of halogens is 2. The summed E-state index contributed by atoms with van der Waals surface area (Å²) in [6, 6.07) is 2.93. The van der Waals surface area contributed by atoms with Crippen molar-refractivity contribution < 1.29 is 32.5 Å². The smallest absolute Gasteiger partial charge is 0.412 e. The average Bonchev–Trinajstić information content (AvgIpc) is 3.61. The third-order valence-corrected chi connectivity index (χ3v) is 6.66. The van der Waals surface area contributed by atoms with E-state index in [1.807, 2.05) is 0 Å². The Morgan fingerprint density at radius 2 is 2.10 bits per heavy atom. The maximum atomic E-state index is 13.9. The van der Waals surface area contributed by atoms with Gasteiger partial charge in [-0.05, 0) is 52.2 Å². The Hall–Kier alpha value is -2.03. The number of hydrogen-bond donors (Lipinski definition) is 1. The van der Waals surface area contributed by atoms with E-state index < -0.39 is 35.5 Å². The fourth-order valence-electron chi connectivity index (χ4n) is 4.94. The lowest BCUT2D eigenvalue weighted by atomic mass is 9.68. The van der Waals surface area contributed by atoms with E-state index in [9.17, 15) is 13.6 Å². The lowest BCUT2D eigenvalue weighted by Crippen LogP contribution is -2.55. The number of allylic oxidation sites excluding steroid dienone is 1. The van der Waals surface area contributed by atoms with Gasteiger partial charge >= 0.3 is 6.09 Å². The first kappa shape index (κ1) is 22.2. The quantitative estimate of drug-likeness (QED) is 0.521. The third kappa shape index (κ3) is 4.33. The molecule has 2 saturated heterocycles. The van der Waals surface area contributed by atoms with Gasteiger partial charge in [0.25, 0.3) is 0 Å². The van der Waals surface area contributed by atoms with Crippen LogP contribution in [0.4, 0.5) is 19.3 Å². The molecule has 0 aromatic heterocycles. The van der Waals surface area contributed by atoms with Gasteiger partial charge in [-0.1, -0.05) is 11.6 Å². The molecule has 1 saturated carbocycles. The summed E-state index contributed by atoms with van der Waals surface area (Å²) in [5.74, 6) is -1.69. The summed E-state index contributed by atoms with van der Waals surface area (Å²) < 4.78 is 50.4. The second kappa shape index (κ2) is 8.15. The van der Waals surface area contributed by atoms with E-state index >= 15 is 0 Å². The number of benzene rings is 1. The molecule has 3 aliphatic rings. The molecule has 1 aliphatic carbocycles. The molecule has 1 aromatic carbocycles. The molecule has 1 spiro atoms. The van der Waals surface area contributed by atoms with Crippen LogP contribution in [0.15, 0.2) is 29.8 Å². The van der Waals surface area contributed by atoms with Crippen LogP contribution in [0.1, 0.15) is 40.0 Å². The van der Waals surface area contributed by atoms with Gasteiger partial charge in [0.05, 0.1) is 24.3 Å². The molecule has 2 aliphatic heterocycles. The van der Waals surface area contributed by atoms with Crippen LogP contribution in [-0.2, 0) is 18.9 Å². The molecule has 3 fully saturated rings. The Kier molecular flexibility index (Phi) is 5.83. The maximum Gasteiger partial charge on any atom is 0.412 e. The second-order valence-electron chi connectivity index (χ2n) is 9.07. The summed E-state index contributed by atoms with van der Waals surface area (Å²) in [5.41, 5.74) is 0.321. The van der Waals surface area contributed by atoms with Crippen molar-refractivity contribution in [2.24, 2.45) is 5.92 Å². The van der Waals surface area contributed by atoms with E-state index in [0.717, 1.165) is 18.6 Å². The number of ether oxygens (including phenoxy) is 4. The molecule has 31 heavy (non-hydrogen) atoms. The van der Waals surface area contributed by atoms with Crippen molar-refractivity contribution in [3.63, 3.8) is 0 Å². The zero-order valence-electron chi connectivity index (χ0n) is 18.2. The Labute approximate surface area is 180 Å². The minimum atomic E-state index is -0.867. The van der Waals surface area contributed by atoms with Gasteiger partial charge in [-0.25, -0.2) is 13.6 Å². The van der Waals surface area contributed by atoms with Gasteiger partial charge in [0, 0.05) is 13.2 Å². The normalized spacial score (nSPS) is 36.1. The number of methoxy groups -OCH3 is 1. The number of hydrogen-bond acceptors (Lipinski definition) is 5. The first-order chi connectivity index (χ1) is 14.7. The highest BCUT2D eigenvalue weighted by molar-refractivity contribution is 5.84. The van der Waals surface area contributed by atoms with Crippen LogP contribution in [0, 0.1) is 17.6 Å². The highest BCUT2D eigenvalue weighted by Crippen LogP contribution is 2.59. The van der Waals surface area contributed by atoms with E-state index in [0.29, 0.717) is 25.5 Å². The van der Waals surface area contributed by atoms with E-state index in [1.165, 1.54) is 5.57 Å². The molecule has 4 rings (SSSR count). The number of nitrogens with one attached hydrogen (secondary N) is 1. The van der Waals surface area contributed by atoms with Crippen LogP contribution in [0.3, 0.4) is 0 Å². The maximum absolute atomic E-state index is 13.9. The highest BCUT2D eigenvalue weighted by Gasteiger charge is 2.72. The standard InChI is InChI=1S/C23H29F2NO5/c1-13(2)5-8-18-22(3,31-18)20-19(28-4)17(9-10-23(20)12-29-23)30-21(27)26-16-7-6-14(24)11-15(16)25/h5-7,11,17-20H,8-10,12H2,1-4H3,(H,26,27). The van der Waals surface area contributed by atoms with E-state index in [2.05, 4.69) is 32.2 Å². The van der Waals surface area contributed by atoms with E-state index in [4.69, 9.17) is 18.9 Å². The summed E-state index contributed by atoms with van der Waals surface area (Å²) in [7, 11) is 1.59. The Morgan fingerprint density at radius 1 is 1.35 bits per heavy atom. The van der Waals surface area contributed by atoms with Gasteiger partial charge in [-0.2, -0.15) is 0 Å². The fourth-order valence-corrected chi connectivity index (χ4v) is 4.94. The molecule has 6 nitrogen and oxygen atoms in total. The van der Waals surface area contributed by atoms with Crippen LogP contribution in [0.25, 0.3) is 0 Å². The molecule has 6 atom stereocenters. The van der Waals surface area contributed by atoms with Crippen LogP contribution in [-0.4, -0.2) is 49.3 Å².